The molecule has 2 N–H and O–H groups in total. The van der Waals surface area contributed by atoms with E-state index in [2.05, 4.69) is 0 Å². The number of carbonyl (C=O) groups excluding carboxylic acids is 2. The number of benzene rings is 2. The molecule has 0 spiro atoms. The molecule has 6 heteroatoms. The van der Waals surface area contributed by atoms with Crippen LogP contribution in [0.4, 0.5) is 5.69 Å². The second kappa shape index (κ2) is 8.01. The number of hydrogen-bond acceptors (Lipinski definition) is 5. The highest BCUT2D eigenvalue weighted by Gasteiger charge is 2.30. The van der Waals surface area contributed by atoms with Crippen LogP contribution in [0.1, 0.15) is 27.6 Å². The van der Waals surface area contributed by atoms with Crippen molar-refractivity contribution < 1.29 is 19.1 Å². The minimum absolute atomic E-state index is 0.243. The van der Waals surface area contributed by atoms with E-state index in [1.807, 2.05) is 25.1 Å². The van der Waals surface area contributed by atoms with E-state index in [1.54, 1.807) is 35.2 Å². The van der Waals surface area contributed by atoms with E-state index < -0.39 is 12.1 Å². The third kappa shape index (κ3) is 4.03. The van der Waals surface area contributed by atoms with Crippen molar-refractivity contribution in [2.45, 2.75) is 13.0 Å². The number of nitrogens with zero attached hydrogens (tertiary/aromatic N) is 1. The van der Waals surface area contributed by atoms with Crippen molar-refractivity contribution >= 4 is 17.6 Å². The number of hydrogen-bond donors (Lipinski definition) is 1. The normalized spacial score (nSPS) is 15.3. The first kappa shape index (κ1) is 17.9. The molecule has 0 bridgehead atoms. The molecule has 1 aliphatic heterocycles. The molecule has 26 heavy (non-hydrogen) atoms. The van der Waals surface area contributed by atoms with Crippen molar-refractivity contribution in [2.24, 2.45) is 0 Å². The third-order valence-corrected chi connectivity index (χ3v) is 4.39. The van der Waals surface area contributed by atoms with E-state index in [-0.39, 0.29) is 5.91 Å². The van der Waals surface area contributed by atoms with Gasteiger partial charge in [0.2, 0.25) is 6.10 Å². The molecule has 0 aliphatic carbocycles. The van der Waals surface area contributed by atoms with Gasteiger partial charge < -0.3 is 20.1 Å². The Bertz CT molecular complexity index is 786. The minimum Gasteiger partial charge on any atom is -0.444 e. The molecule has 0 saturated carbocycles. The summed E-state index contributed by atoms with van der Waals surface area (Å²) in [6.07, 6.45) is -0.996. The first-order chi connectivity index (χ1) is 12.6. The van der Waals surface area contributed by atoms with Gasteiger partial charge in [0.05, 0.1) is 18.8 Å². The van der Waals surface area contributed by atoms with Crippen LogP contribution in [0.15, 0.2) is 48.5 Å². The highest BCUT2D eigenvalue weighted by Crippen LogP contribution is 2.23. The number of amides is 1. The van der Waals surface area contributed by atoms with E-state index in [1.165, 1.54) is 0 Å². The average Bonchev–Trinajstić information content (AvgIpc) is 2.69. The van der Waals surface area contributed by atoms with Crippen LogP contribution in [-0.4, -0.2) is 43.1 Å². The molecule has 0 aromatic heterocycles. The lowest BCUT2D eigenvalue weighted by molar-refractivity contribution is -0.145. The predicted octanol–water partition coefficient (Wildman–Crippen LogP) is 2.33. The number of esters is 1. The van der Waals surface area contributed by atoms with E-state index in [4.69, 9.17) is 15.2 Å². The number of nitrogen functional groups attached to an aromatic ring is 1. The summed E-state index contributed by atoms with van der Waals surface area (Å²) in [6, 6.07) is 14.0. The Hall–Kier alpha value is -2.86. The van der Waals surface area contributed by atoms with Crippen LogP contribution < -0.4 is 5.73 Å². The Morgan fingerprint density at radius 2 is 1.81 bits per heavy atom. The van der Waals surface area contributed by atoms with Crippen LogP contribution in [-0.2, 0) is 14.3 Å². The zero-order valence-corrected chi connectivity index (χ0v) is 14.7. The average molecular weight is 354 g/mol. The summed E-state index contributed by atoms with van der Waals surface area (Å²) >= 11 is 0. The molecular weight excluding hydrogens is 332 g/mol. The Kier molecular flexibility index (Phi) is 5.53. The van der Waals surface area contributed by atoms with Gasteiger partial charge in [-0.05, 0) is 24.6 Å². The van der Waals surface area contributed by atoms with Gasteiger partial charge in [-0.15, -0.1) is 0 Å². The van der Waals surface area contributed by atoms with Gasteiger partial charge in [0.1, 0.15) is 0 Å². The van der Waals surface area contributed by atoms with Crippen LogP contribution in [0.2, 0.25) is 0 Å². The predicted molar refractivity (Wildman–Crippen MR) is 97.6 cm³/mol. The first-order valence-electron chi connectivity index (χ1n) is 8.55. The van der Waals surface area contributed by atoms with Gasteiger partial charge in [0.15, 0.2) is 0 Å². The highest BCUT2D eigenvalue weighted by molar-refractivity contribution is 5.93. The van der Waals surface area contributed by atoms with Crippen molar-refractivity contribution in [2.75, 3.05) is 32.0 Å². The molecule has 1 atom stereocenters. The molecule has 1 saturated heterocycles. The molecule has 1 aliphatic rings. The maximum absolute atomic E-state index is 13.0. The van der Waals surface area contributed by atoms with Crippen LogP contribution in [0.25, 0.3) is 0 Å². The molecule has 3 rings (SSSR count). The lowest BCUT2D eigenvalue weighted by Gasteiger charge is -2.30. The summed E-state index contributed by atoms with van der Waals surface area (Å²) in [4.78, 5) is 27.2. The number of rotatable bonds is 4. The summed E-state index contributed by atoms with van der Waals surface area (Å²) in [7, 11) is 0. The second-order valence-electron chi connectivity index (χ2n) is 6.21. The largest absolute Gasteiger partial charge is 0.444 e. The smallest absolute Gasteiger partial charge is 0.339 e. The molecule has 136 valence electrons. The Morgan fingerprint density at radius 1 is 1.12 bits per heavy atom. The Morgan fingerprint density at radius 3 is 2.46 bits per heavy atom. The molecular formula is C20H22N2O4. The lowest BCUT2D eigenvalue weighted by Crippen LogP contribution is -2.44. The molecule has 1 heterocycles. The SMILES string of the molecule is Cc1ccc(C(=O)O[C@H](C(=O)N2CCOCC2)c2ccccc2)cc1N. The van der Waals surface area contributed by atoms with Gasteiger partial charge in [0.25, 0.3) is 5.91 Å². The molecule has 1 amide bonds. The summed E-state index contributed by atoms with van der Waals surface area (Å²) in [6.45, 7) is 3.79. The fourth-order valence-electron chi connectivity index (χ4n) is 2.78. The zero-order valence-electron chi connectivity index (χ0n) is 14.7. The Labute approximate surface area is 152 Å². The monoisotopic (exact) mass is 354 g/mol. The zero-order chi connectivity index (χ0) is 18.5. The van der Waals surface area contributed by atoms with Gasteiger partial charge in [0, 0.05) is 24.3 Å². The summed E-state index contributed by atoms with van der Waals surface area (Å²) in [5.41, 5.74) is 8.23. The van der Waals surface area contributed by atoms with Crippen molar-refractivity contribution in [3.05, 3.63) is 65.2 Å². The fraction of sp³-hybridized carbons (Fsp3) is 0.300. The van der Waals surface area contributed by atoms with E-state index in [9.17, 15) is 9.59 Å². The molecule has 0 unspecified atom stereocenters. The number of ether oxygens (including phenoxy) is 2. The third-order valence-electron chi connectivity index (χ3n) is 4.39. The maximum Gasteiger partial charge on any atom is 0.339 e. The summed E-state index contributed by atoms with van der Waals surface area (Å²) < 4.78 is 10.9. The number of nitrogens with two attached hydrogens (primary N) is 1. The van der Waals surface area contributed by atoms with Crippen LogP contribution in [0.5, 0.6) is 0 Å². The van der Waals surface area contributed by atoms with Gasteiger partial charge in [-0.1, -0.05) is 36.4 Å². The van der Waals surface area contributed by atoms with Crippen molar-refractivity contribution in [3.63, 3.8) is 0 Å². The molecule has 2 aromatic rings. The maximum atomic E-state index is 13.0. The standard InChI is InChI=1S/C20H22N2O4/c1-14-7-8-16(13-17(14)21)20(24)26-18(15-5-3-2-4-6-15)19(23)22-9-11-25-12-10-22/h2-8,13,18H,9-12,21H2,1H3/t18-/m0/s1. The number of carbonyl (C=O) groups is 2. The number of anilines is 1. The van der Waals surface area contributed by atoms with E-state index >= 15 is 0 Å². The topological polar surface area (TPSA) is 81.9 Å². The van der Waals surface area contributed by atoms with Crippen molar-refractivity contribution in [3.8, 4) is 0 Å². The van der Waals surface area contributed by atoms with Crippen LogP contribution in [0.3, 0.4) is 0 Å². The lowest BCUT2D eigenvalue weighted by atomic mass is 10.1. The van der Waals surface area contributed by atoms with Gasteiger partial charge >= 0.3 is 5.97 Å². The number of morpholine rings is 1. The quantitative estimate of drug-likeness (QED) is 0.673. The van der Waals surface area contributed by atoms with Crippen molar-refractivity contribution in [1.82, 2.24) is 4.90 Å². The fourth-order valence-corrected chi connectivity index (χ4v) is 2.78. The van der Waals surface area contributed by atoms with E-state index in [0.717, 1.165) is 5.56 Å². The highest BCUT2D eigenvalue weighted by atomic mass is 16.5. The van der Waals surface area contributed by atoms with E-state index in [0.29, 0.717) is 43.1 Å². The molecule has 6 nitrogen and oxygen atoms in total. The van der Waals surface area contributed by atoms with Crippen LogP contribution >= 0.6 is 0 Å². The van der Waals surface area contributed by atoms with Gasteiger partial charge in [-0.2, -0.15) is 0 Å². The molecule has 0 radical (unpaired) electrons. The molecule has 2 aromatic carbocycles. The Balaban J connectivity index is 1.84. The summed E-state index contributed by atoms with van der Waals surface area (Å²) in [5, 5.41) is 0. The van der Waals surface area contributed by atoms with Crippen LogP contribution in [0, 0.1) is 6.92 Å². The van der Waals surface area contributed by atoms with Gasteiger partial charge in [-0.3, -0.25) is 4.79 Å². The van der Waals surface area contributed by atoms with Crippen molar-refractivity contribution in [1.29, 1.82) is 0 Å². The molecule has 1 fully saturated rings. The minimum atomic E-state index is -0.996. The van der Waals surface area contributed by atoms with Gasteiger partial charge in [-0.25, -0.2) is 4.79 Å². The first-order valence-corrected chi connectivity index (χ1v) is 8.55. The summed E-state index contributed by atoms with van der Waals surface area (Å²) in [5.74, 6) is -0.819. The second-order valence-corrected chi connectivity index (χ2v) is 6.21. The number of aryl methyl sites for hydroxylation is 1.